The monoisotopic (exact) mass is 254 g/mol. The number of hydrogen-bond acceptors (Lipinski definition) is 0. The number of fused-ring (bicyclic) bond motifs is 1. The van der Waals surface area contributed by atoms with E-state index in [1.54, 1.807) is 10.8 Å². The zero-order valence-corrected chi connectivity index (χ0v) is 12.7. The van der Waals surface area contributed by atoms with Crippen molar-refractivity contribution < 1.29 is 0 Å². The van der Waals surface area contributed by atoms with Crippen molar-refractivity contribution in [1.82, 2.24) is 0 Å². The maximum absolute atomic E-state index is 2.55. The quantitative estimate of drug-likeness (QED) is 0.546. The minimum atomic E-state index is -1.35. The van der Waals surface area contributed by atoms with E-state index in [0.717, 1.165) is 5.54 Å². The van der Waals surface area contributed by atoms with Crippen LogP contribution >= 0.6 is 0 Å². The molecule has 0 saturated carbocycles. The lowest BCUT2D eigenvalue weighted by atomic mass is 10.1. The molecule has 0 N–H and O–H groups in total. The molecular weight excluding hydrogens is 232 g/mol. The smallest absolute Gasteiger partial charge is 0.0877 e. The van der Waals surface area contributed by atoms with Crippen LogP contribution in [0.4, 0.5) is 0 Å². The number of benzene rings is 1. The third kappa shape index (κ3) is 1.81. The van der Waals surface area contributed by atoms with Crippen LogP contribution in [0, 0.1) is 0 Å². The summed E-state index contributed by atoms with van der Waals surface area (Å²) in [5, 5.41) is 1.70. The zero-order chi connectivity index (χ0) is 12.8. The standard InChI is InChI=1S/C17H22Si/c1-13-11-14-7-6-10-17(16(14)12-13)18(2,3)15-8-4-5-9-15/h4,6-8,10-11,15H,5,9,12H2,1-3H3. The van der Waals surface area contributed by atoms with Crippen molar-refractivity contribution in [3.63, 3.8) is 0 Å². The molecule has 2 aliphatic carbocycles. The first-order valence-corrected chi connectivity index (χ1v) is 10.1. The molecular formula is C17H22Si. The highest BCUT2D eigenvalue weighted by Crippen LogP contribution is 2.35. The molecule has 94 valence electrons. The first-order chi connectivity index (χ1) is 8.59. The molecule has 18 heavy (non-hydrogen) atoms. The van der Waals surface area contributed by atoms with Crippen LogP contribution in [0.25, 0.3) is 6.08 Å². The Hall–Kier alpha value is -1.08. The van der Waals surface area contributed by atoms with Crippen molar-refractivity contribution in [3.8, 4) is 0 Å². The third-order valence-electron chi connectivity index (χ3n) is 4.70. The van der Waals surface area contributed by atoms with Gasteiger partial charge in [-0.2, -0.15) is 0 Å². The minimum Gasteiger partial charge on any atom is -0.0885 e. The minimum absolute atomic E-state index is 0.838. The average molecular weight is 254 g/mol. The van der Waals surface area contributed by atoms with E-state index >= 15 is 0 Å². The SMILES string of the molecule is CC1=Cc2cccc([Si](C)(C)C3C=CCC3)c2C1. The topological polar surface area (TPSA) is 0 Å². The zero-order valence-electron chi connectivity index (χ0n) is 11.7. The van der Waals surface area contributed by atoms with E-state index in [-0.39, 0.29) is 0 Å². The fourth-order valence-corrected chi connectivity index (χ4v) is 7.01. The van der Waals surface area contributed by atoms with Gasteiger partial charge in [-0.05, 0) is 42.9 Å². The van der Waals surface area contributed by atoms with Gasteiger partial charge in [-0.15, -0.1) is 0 Å². The van der Waals surface area contributed by atoms with Gasteiger partial charge in [0.1, 0.15) is 0 Å². The van der Waals surface area contributed by atoms with E-state index in [2.05, 4.69) is 56.4 Å². The lowest BCUT2D eigenvalue weighted by Gasteiger charge is -2.31. The summed E-state index contributed by atoms with van der Waals surface area (Å²) in [6, 6.07) is 6.95. The molecule has 0 radical (unpaired) electrons. The van der Waals surface area contributed by atoms with Gasteiger partial charge in [0.05, 0.1) is 8.07 Å². The Morgan fingerprint density at radius 3 is 2.78 bits per heavy atom. The predicted octanol–water partition coefficient (Wildman–Crippen LogP) is 4.28. The van der Waals surface area contributed by atoms with Crippen LogP contribution in [-0.4, -0.2) is 8.07 Å². The number of rotatable bonds is 2. The first kappa shape index (κ1) is 12.0. The van der Waals surface area contributed by atoms with Crippen LogP contribution in [0.2, 0.25) is 18.6 Å². The summed E-state index contributed by atoms with van der Waals surface area (Å²) in [5.41, 5.74) is 5.47. The Labute approximate surface area is 111 Å². The molecule has 0 spiro atoms. The second-order valence-corrected chi connectivity index (χ2v) is 11.1. The summed E-state index contributed by atoms with van der Waals surface area (Å²) in [6.45, 7) is 7.36. The lowest BCUT2D eigenvalue weighted by molar-refractivity contribution is 0.898. The van der Waals surface area contributed by atoms with Crippen molar-refractivity contribution in [3.05, 3.63) is 47.1 Å². The highest BCUT2D eigenvalue weighted by molar-refractivity contribution is 6.91. The van der Waals surface area contributed by atoms with Crippen LogP contribution in [-0.2, 0) is 6.42 Å². The van der Waals surface area contributed by atoms with Crippen molar-refractivity contribution in [1.29, 1.82) is 0 Å². The summed E-state index contributed by atoms with van der Waals surface area (Å²) in [6.07, 6.45) is 11.1. The van der Waals surface area contributed by atoms with Crippen molar-refractivity contribution in [2.75, 3.05) is 0 Å². The Kier molecular flexibility index (Phi) is 2.82. The van der Waals surface area contributed by atoms with Gasteiger partial charge in [0.25, 0.3) is 0 Å². The fourth-order valence-electron chi connectivity index (χ4n) is 3.57. The average Bonchev–Trinajstić information content (AvgIpc) is 2.95. The van der Waals surface area contributed by atoms with Gasteiger partial charge >= 0.3 is 0 Å². The van der Waals surface area contributed by atoms with E-state index in [1.165, 1.54) is 30.4 Å². The van der Waals surface area contributed by atoms with Gasteiger partial charge in [-0.25, -0.2) is 0 Å². The molecule has 0 aromatic heterocycles. The van der Waals surface area contributed by atoms with E-state index in [1.807, 2.05) is 0 Å². The van der Waals surface area contributed by atoms with Crippen molar-refractivity contribution in [2.45, 2.75) is 44.8 Å². The van der Waals surface area contributed by atoms with E-state index in [0.29, 0.717) is 0 Å². The largest absolute Gasteiger partial charge is 0.0885 e. The first-order valence-electron chi connectivity index (χ1n) is 7.05. The Morgan fingerprint density at radius 1 is 1.22 bits per heavy atom. The Bertz CT molecular complexity index is 535. The molecule has 0 amide bonds. The van der Waals surface area contributed by atoms with E-state index in [9.17, 15) is 0 Å². The summed E-state index contributed by atoms with van der Waals surface area (Å²) in [7, 11) is -1.35. The van der Waals surface area contributed by atoms with Gasteiger partial charge in [0, 0.05) is 0 Å². The van der Waals surface area contributed by atoms with Gasteiger partial charge < -0.3 is 0 Å². The molecule has 0 saturated heterocycles. The predicted molar refractivity (Wildman–Crippen MR) is 83.0 cm³/mol. The van der Waals surface area contributed by atoms with Crippen LogP contribution in [0.3, 0.4) is 0 Å². The third-order valence-corrected chi connectivity index (χ3v) is 8.90. The molecule has 1 unspecified atom stereocenters. The summed E-state index contributed by atoms with van der Waals surface area (Å²) in [4.78, 5) is 0. The fraction of sp³-hybridized carbons (Fsp3) is 0.412. The molecule has 1 atom stereocenters. The molecule has 0 bridgehead atoms. The maximum Gasteiger partial charge on any atom is 0.0877 e. The van der Waals surface area contributed by atoms with Crippen LogP contribution in [0.15, 0.2) is 35.9 Å². The number of allylic oxidation sites excluding steroid dienone is 3. The molecule has 0 heterocycles. The summed E-state index contributed by atoms with van der Waals surface area (Å²) >= 11 is 0. The lowest BCUT2D eigenvalue weighted by Crippen LogP contribution is -2.46. The molecule has 0 aliphatic heterocycles. The molecule has 1 heteroatoms. The van der Waals surface area contributed by atoms with Crippen LogP contribution < -0.4 is 5.19 Å². The van der Waals surface area contributed by atoms with Crippen LogP contribution in [0.1, 0.15) is 30.9 Å². The molecule has 1 aromatic carbocycles. The second-order valence-electron chi connectivity index (χ2n) is 6.37. The van der Waals surface area contributed by atoms with Gasteiger partial charge in [-0.3, -0.25) is 0 Å². The Balaban J connectivity index is 2.04. The molecule has 2 aliphatic rings. The molecule has 3 rings (SSSR count). The van der Waals surface area contributed by atoms with Crippen molar-refractivity contribution >= 4 is 19.3 Å². The van der Waals surface area contributed by atoms with Crippen LogP contribution in [0.5, 0.6) is 0 Å². The van der Waals surface area contributed by atoms with Crippen molar-refractivity contribution in [2.24, 2.45) is 0 Å². The van der Waals surface area contributed by atoms with Gasteiger partial charge in [0.2, 0.25) is 0 Å². The highest BCUT2D eigenvalue weighted by Gasteiger charge is 2.35. The van der Waals surface area contributed by atoms with Gasteiger partial charge in [0.15, 0.2) is 0 Å². The highest BCUT2D eigenvalue weighted by atomic mass is 28.3. The summed E-state index contributed by atoms with van der Waals surface area (Å²) in [5.74, 6) is 0. The Morgan fingerprint density at radius 2 is 2.06 bits per heavy atom. The van der Waals surface area contributed by atoms with Gasteiger partial charge in [-0.1, -0.05) is 60.3 Å². The molecule has 1 aromatic rings. The number of hydrogen-bond donors (Lipinski definition) is 0. The maximum atomic E-state index is 2.55. The van der Waals surface area contributed by atoms with E-state index < -0.39 is 8.07 Å². The molecule has 0 nitrogen and oxygen atoms in total. The van der Waals surface area contributed by atoms with E-state index in [4.69, 9.17) is 0 Å². The second kappa shape index (κ2) is 4.24. The molecule has 0 fully saturated rings. The normalized spacial score (nSPS) is 22.2. The summed E-state index contributed by atoms with van der Waals surface area (Å²) < 4.78 is 0.